The molecule has 100 valence electrons. The first-order valence-corrected chi connectivity index (χ1v) is 6.31. The lowest BCUT2D eigenvalue weighted by Gasteiger charge is -2.20. The Morgan fingerprint density at radius 2 is 2.17 bits per heavy atom. The average molecular weight is 318 g/mol. The van der Waals surface area contributed by atoms with Crippen molar-refractivity contribution in [2.75, 3.05) is 26.4 Å². The zero-order valence-electron chi connectivity index (χ0n) is 10.6. The molecule has 1 atom stereocenters. The van der Waals surface area contributed by atoms with Crippen LogP contribution < -0.4 is 11.1 Å². The molecule has 0 aromatic heterocycles. The molecule has 0 fully saturated rings. The van der Waals surface area contributed by atoms with Crippen LogP contribution in [0, 0.1) is 5.82 Å². The number of carbonyl (C=O) groups excluding carboxylic acids is 1. The van der Waals surface area contributed by atoms with Gasteiger partial charge in [0.25, 0.3) is 5.91 Å². The number of hydrogen-bond donors (Lipinski definition) is 2. The van der Waals surface area contributed by atoms with Crippen molar-refractivity contribution < 1.29 is 9.18 Å². The first-order valence-electron chi connectivity index (χ1n) is 5.52. The second kappa shape index (κ2) is 6.15. The van der Waals surface area contributed by atoms with Crippen LogP contribution in [0.2, 0.25) is 0 Å². The van der Waals surface area contributed by atoms with Crippen LogP contribution in [0.4, 0.5) is 10.1 Å². The number of nitrogens with two attached hydrogens (primary N) is 1. The van der Waals surface area contributed by atoms with E-state index in [2.05, 4.69) is 21.2 Å². The van der Waals surface area contributed by atoms with Gasteiger partial charge >= 0.3 is 0 Å². The number of carbonyl (C=O) groups is 1. The van der Waals surface area contributed by atoms with E-state index in [1.54, 1.807) is 0 Å². The minimum absolute atomic E-state index is 0.0380. The highest BCUT2D eigenvalue weighted by Crippen LogP contribution is 2.22. The van der Waals surface area contributed by atoms with Gasteiger partial charge in [0.15, 0.2) is 0 Å². The van der Waals surface area contributed by atoms with Crippen molar-refractivity contribution in [3.63, 3.8) is 0 Å². The van der Waals surface area contributed by atoms with E-state index >= 15 is 0 Å². The lowest BCUT2D eigenvalue weighted by molar-refractivity contribution is 0.0943. The van der Waals surface area contributed by atoms with Crippen molar-refractivity contribution in [1.29, 1.82) is 0 Å². The summed E-state index contributed by atoms with van der Waals surface area (Å²) in [7, 11) is 3.87. The van der Waals surface area contributed by atoms with Crippen molar-refractivity contribution in [3.8, 4) is 0 Å². The Kier molecular flexibility index (Phi) is 5.10. The second-order valence-electron chi connectivity index (χ2n) is 4.38. The predicted octanol–water partition coefficient (Wildman–Crippen LogP) is 1.85. The van der Waals surface area contributed by atoms with Gasteiger partial charge in [-0.1, -0.05) is 0 Å². The Morgan fingerprint density at radius 1 is 1.56 bits per heavy atom. The van der Waals surface area contributed by atoms with E-state index in [1.807, 2.05) is 25.9 Å². The summed E-state index contributed by atoms with van der Waals surface area (Å²) in [5.74, 6) is -0.817. The van der Waals surface area contributed by atoms with E-state index in [1.165, 1.54) is 12.1 Å². The predicted molar refractivity (Wildman–Crippen MR) is 74.0 cm³/mol. The molecule has 1 rings (SSSR count). The zero-order chi connectivity index (χ0) is 13.9. The standard InChI is InChI=1S/C12H17BrFN3O/c1-7(17(2)3)6-16-12(18)8-4-11(15)10(14)5-9(8)13/h4-5,7H,6,15H2,1-3H3,(H,16,18). The van der Waals surface area contributed by atoms with Gasteiger partial charge in [0.1, 0.15) is 5.82 Å². The van der Waals surface area contributed by atoms with E-state index in [0.717, 1.165) is 0 Å². The number of likely N-dealkylation sites (N-methyl/N-ethyl adjacent to an activating group) is 1. The molecular weight excluding hydrogens is 301 g/mol. The van der Waals surface area contributed by atoms with E-state index in [4.69, 9.17) is 5.73 Å². The molecule has 0 radical (unpaired) electrons. The topological polar surface area (TPSA) is 58.4 Å². The molecule has 18 heavy (non-hydrogen) atoms. The quantitative estimate of drug-likeness (QED) is 0.833. The summed E-state index contributed by atoms with van der Waals surface area (Å²) >= 11 is 3.15. The van der Waals surface area contributed by atoms with Crippen LogP contribution in [0.1, 0.15) is 17.3 Å². The molecule has 0 saturated heterocycles. The minimum Gasteiger partial charge on any atom is -0.396 e. The number of benzene rings is 1. The minimum atomic E-state index is -0.542. The number of amides is 1. The largest absolute Gasteiger partial charge is 0.396 e. The van der Waals surface area contributed by atoms with Crippen LogP contribution >= 0.6 is 15.9 Å². The van der Waals surface area contributed by atoms with Crippen molar-refractivity contribution in [3.05, 3.63) is 28.0 Å². The molecule has 4 nitrogen and oxygen atoms in total. The van der Waals surface area contributed by atoms with Crippen LogP contribution in [0.5, 0.6) is 0 Å². The summed E-state index contributed by atoms with van der Waals surface area (Å²) in [5.41, 5.74) is 5.74. The van der Waals surface area contributed by atoms with E-state index in [0.29, 0.717) is 16.6 Å². The molecule has 1 amide bonds. The molecule has 0 bridgehead atoms. The van der Waals surface area contributed by atoms with Crippen LogP contribution in [0.25, 0.3) is 0 Å². The fraction of sp³-hybridized carbons (Fsp3) is 0.417. The highest BCUT2D eigenvalue weighted by molar-refractivity contribution is 9.10. The maximum atomic E-state index is 13.1. The third-order valence-electron chi connectivity index (χ3n) is 2.77. The van der Waals surface area contributed by atoms with Gasteiger partial charge in [-0.3, -0.25) is 4.79 Å². The molecule has 0 aliphatic rings. The first kappa shape index (κ1) is 14.9. The molecule has 1 aromatic carbocycles. The van der Waals surface area contributed by atoms with E-state index in [9.17, 15) is 9.18 Å². The van der Waals surface area contributed by atoms with Crippen LogP contribution in [0.3, 0.4) is 0 Å². The van der Waals surface area contributed by atoms with Gasteiger partial charge in [-0.25, -0.2) is 4.39 Å². The zero-order valence-corrected chi connectivity index (χ0v) is 12.2. The number of rotatable bonds is 4. The van der Waals surface area contributed by atoms with Gasteiger partial charge in [0, 0.05) is 17.1 Å². The Labute approximate surface area is 114 Å². The maximum Gasteiger partial charge on any atom is 0.252 e. The normalized spacial score (nSPS) is 12.6. The molecule has 0 spiro atoms. The molecular formula is C12H17BrFN3O. The molecule has 3 N–H and O–H groups in total. The highest BCUT2D eigenvalue weighted by Gasteiger charge is 2.14. The van der Waals surface area contributed by atoms with Crippen molar-refractivity contribution in [1.82, 2.24) is 10.2 Å². The van der Waals surface area contributed by atoms with Gasteiger partial charge in [0.2, 0.25) is 0 Å². The lowest BCUT2D eigenvalue weighted by atomic mass is 10.1. The van der Waals surface area contributed by atoms with Gasteiger partial charge in [-0.05, 0) is 49.1 Å². The lowest BCUT2D eigenvalue weighted by Crippen LogP contribution is -2.38. The summed E-state index contributed by atoms with van der Waals surface area (Å²) in [4.78, 5) is 13.9. The van der Waals surface area contributed by atoms with E-state index < -0.39 is 5.82 Å². The monoisotopic (exact) mass is 317 g/mol. The molecule has 6 heteroatoms. The van der Waals surface area contributed by atoms with Gasteiger partial charge in [-0.2, -0.15) is 0 Å². The Balaban J connectivity index is 2.76. The number of hydrogen-bond acceptors (Lipinski definition) is 3. The second-order valence-corrected chi connectivity index (χ2v) is 5.23. The van der Waals surface area contributed by atoms with Crippen LogP contribution in [-0.2, 0) is 0 Å². The summed E-state index contributed by atoms with van der Waals surface area (Å²) in [6.07, 6.45) is 0. The Hall–Kier alpha value is -1.14. The Morgan fingerprint density at radius 3 is 2.72 bits per heavy atom. The summed E-state index contributed by atoms with van der Waals surface area (Å²) in [6, 6.07) is 2.74. The molecule has 0 saturated carbocycles. The summed E-state index contributed by atoms with van der Waals surface area (Å²) in [5, 5.41) is 2.78. The highest BCUT2D eigenvalue weighted by atomic mass is 79.9. The SMILES string of the molecule is CC(CNC(=O)c1cc(N)c(F)cc1Br)N(C)C. The molecule has 0 heterocycles. The molecule has 1 unspecified atom stereocenters. The summed E-state index contributed by atoms with van der Waals surface area (Å²) < 4.78 is 13.5. The third-order valence-corrected chi connectivity index (χ3v) is 3.43. The smallest absolute Gasteiger partial charge is 0.252 e. The van der Waals surface area contributed by atoms with Gasteiger partial charge in [-0.15, -0.1) is 0 Å². The van der Waals surface area contributed by atoms with Crippen LogP contribution in [-0.4, -0.2) is 37.5 Å². The van der Waals surface area contributed by atoms with Crippen molar-refractivity contribution >= 4 is 27.5 Å². The Bertz CT molecular complexity index is 451. The number of nitrogens with zero attached hydrogens (tertiary/aromatic N) is 1. The molecule has 0 aliphatic heterocycles. The van der Waals surface area contributed by atoms with Gasteiger partial charge in [0.05, 0.1) is 11.3 Å². The van der Waals surface area contributed by atoms with Crippen molar-refractivity contribution in [2.45, 2.75) is 13.0 Å². The molecule has 1 aromatic rings. The van der Waals surface area contributed by atoms with Crippen LogP contribution in [0.15, 0.2) is 16.6 Å². The average Bonchev–Trinajstić information content (AvgIpc) is 2.30. The van der Waals surface area contributed by atoms with Crippen molar-refractivity contribution in [2.24, 2.45) is 0 Å². The first-order chi connectivity index (χ1) is 8.32. The number of halogens is 2. The fourth-order valence-corrected chi connectivity index (χ4v) is 1.75. The maximum absolute atomic E-state index is 13.1. The number of nitrogens with one attached hydrogen (secondary N) is 1. The molecule has 0 aliphatic carbocycles. The van der Waals surface area contributed by atoms with Gasteiger partial charge < -0.3 is 16.0 Å². The fourth-order valence-electron chi connectivity index (χ4n) is 1.26. The summed E-state index contributed by atoms with van der Waals surface area (Å²) in [6.45, 7) is 2.50. The third kappa shape index (κ3) is 3.68. The number of nitrogen functional groups attached to an aromatic ring is 1. The number of anilines is 1. The van der Waals surface area contributed by atoms with E-state index in [-0.39, 0.29) is 17.6 Å².